The number of nitrogens with one attached hydrogen (secondary N) is 2. The van der Waals surface area contributed by atoms with E-state index in [4.69, 9.17) is 12.2 Å². The van der Waals surface area contributed by atoms with Crippen molar-refractivity contribution < 1.29 is 8.42 Å². The first-order valence-electron chi connectivity index (χ1n) is 11.7. The largest absolute Gasteiger partial charge is 0.378 e. The van der Waals surface area contributed by atoms with Crippen LogP contribution in [0.4, 0.5) is 17.1 Å². The molecule has 5 rings (SSSR count). The molecule has 2 atom stereocenters. The van der Waals surface area contributed by atoms with Crippen molar-refractivity contribution >= 4 is 44.4 Å². The van der Waals surface area contributed by atoms with Gasteiger partial charge in [0.15, 0.2) is 5.11 Å². The Hall–Kier alpha value is -3.89. The van der Waals surface area contributed by atoms with Gasteiger partial charge in [-0.1, -0.05) is 6.07 Å². The Morgan fingerprint density at radius 3 is 2.27 bits per heavy atom. The van der Waals surface area contributed by atoms with Crippen LogP contribution in [0.1, 0.15) is 23.5 Å². The zero-order valence-corrected chi connectivity index (χ0v) is 22.4. The van der Waals surface area contributed by atoms with Gasteiger partial charge in [0, 0.05) is 54.9 Å². The quantitative estimate of drug-likeness (QED) is 0.340. The van der Waals surface area contributed by atoms with Crippen molar-refractivity contribution in [1.82, 2.24) is 14.9 Å². The summed E-state index contributed by atoms with van der Waals surface area (Å²) in [6, 6.07) is 25.2. The van der Waals surface area contributed by atoms with Crippen molar-refractivity contribution in [3.63, 3.8) is 0 Å². The van der Waals surface area contributed by atoms with E-state index in [0.717, 1.165) is 34.7 Å². The molecule has 0 radical (unpaired) electrons. The molecule has 2 N–H and O–H groups in total. The number of aromatic nitrogens is 2. The third kappa shape index (κ3) is 5.16. The van der Waals surface area contributed by atoms with Gasteiger partial charge in [0.05, 0.1) is 18.0 Å². The summed E-state index contributed by atoms with van der Waals surface area (Å²) in [5.41, 5.74) is 5.41. The van der Waals surface area contributed by atoms with Crippen molar-refractivity contribution in [1.29, 1.82) is 0 Å². The lowest BCUT2D eigenvalue weighted by Gasteiger charge is -2.29. The standard InChI is InChI=1S/C27H28N6O2S2/c1-31(2)20-13-15-21(16-14-20)32-18-6-8-24(32)26-25(23-7-4-5-17-28-23)29-27(36)33(26)22-11-9-19(10-12-22)30-37(3,34)35/h4-18,25-26,30H,1-3H3,(H,29,36)/t25-,26+/m0/s1. The van der Waals surface area contributed by atoms with Gasteiger partial charge in [0.25, 0.3) is 0 Å². The highest BCUT2D eigenvalue weighted by Crippen LogP contribution is 2.42. The van der Waals surface area contributed by atoms with Gasteiger partial charge in [-0.25, -0.2) is 8.42 Å². The third-order valence-electron chi connectivity index (χ3n) is 6.27. The van der Waals surface area contributed by atoms with Crippen LogP contribution in [-0.2, 0) is 10.0 Å². The second kappa shape index (κ2) is 9.87. The molecule has 0 unspecified atom stereocenters. The van der Waals surface area contributed by atoms with E-state index in [1.165, 1.54) is 0 Å². The Morgan fingerprint density at radius 2 is 1.65 bits per heavy atom. The molecular weight excluding hydrogens is 504 g/mol. The van der Waals surface area contributed by atoms with Gasteiger partial charge >= 0.3 is 0 Å². The van der Waals surface area contributed by atoms with E-state index in [0.29, 0.717) is 10.8 Å². The molecule has 2 aromatic heterocycles. The molecule has 2 aromatic carbocycles. The van der Waals surface area contributed by atoms with Crippen molar-refractivity contribution in [2.75, 3.05) is 34.9 Å². The fourth-order valence-corrected chi connectivity index (χ4v) is 5.53. The van der Waals surface area contributed by atoms with E-state index in [-0.39, 0.29) is 12.1 Å². The van der Waals surface area contributed by atoms with Gasteiger partial charge in [0.2, 0.25) is 10.0 Å². The molecule has 0 aliphatic carbocycles. The summed E-state index contributed by atoms with van der Waals surface area (Å²) in [7, 11) is 0.670. The second-order valence-electron chi connectivity index (χ2n) is 9.13. The van der Waals surface area contributed by atoms with Crippen LogP contribution in [-0.4, -0.2) is 43.4 Å². The highest BCUT2D eigenvalue weighted by molar-refractivity contribution is 7.92. The highest BCUT2D eigenvalue weighted by Gasteiger charge is 2.42. The minimum atomic E-state index is -3.37. The molecule has 8 nitrogen and oxygen atoms in total. The molecule has 0 amide bonds. The van der Waals surface area contributed by atoms with E-state index in [9.17, 15) is 8.42 Å². The van der Waals surface area contributed by atoms with Crippen LogP contribution in [0.2, 0.25) is 0 Å². The van der Waals surface area contributed by atoms with E-state index < -0.39 is 10.0 Å². The number of hydrogen-bond acceptors (Lipinski definition) is 5. The van der Waals surface area contributed by atoms with Crippen LogP contribution < -0.4 is 19.8 Å². The number of thiocarbonyl (C=S) groups is 1. The van der Waals surface area contributed by atoms with Gasteiger partial charge in [-0.05, 0) is 85.0 Å². The van der Waals surface area contributed by atoms with Crippen LogP contribution >= 0.6 is 12.2 Å². The average molecular weight is 533 g/mol. The van der Waals surface area contributed by atoms with Gasteiger partial charge in [-0.3, -0.25) is 9.71 Å². The minimum absolute atomic E-state index is 0.197. The Morgan fingerprint density at radius 1 is 0.946 bits per heavy atom. The van der Waals surface area contributed by atoms with Crippen molar-refractivity contribution in [2.45, 2.75) is 12.1 Å². The number of rotatable bonds is 7. The molecule has 3 heterocycles. The molecular formula is C27H28N6O2S2. The lowest BCUT2D eigenvalue weighted by atomic mass is 10.0. The fraction of sp³-hybridized carbons (Fsp3) is 0.185. The molecule has 0 spiro atoms. The summed E-state index contributed by atoms with van der Waals surface area (Å²) in [6.07, 6.45) is 4.96. The smallest absolute Gasteiger partial charge is 0.229 e. The maximum Gasteiger partial charge on any atom is 0.229 e. The van der Waals surface area contributed by atoms with Crippen molar-refractivity contribution in [2.24, 2.45) is 0 Å². The summed E-state index contributed by atoms with van der Waals surface area (Å²) in [5.74, 6) is 0. The fourth-order valence-electron chi connectivity index (χ4n) is 4.62. The summed E-state index contributed by atoms with van der Waals surface area (Å²) in [6.45, 7) is 0. The van der Waals surface area contributed by atoms with Crippen molar-refractivity contribution in [3.05, 3.63) is 103 Å². The Balaban J connectivity index is 1.59. The first-order chi connectivity index (χ1) is 17.7. The van der Waals surface area contributed by atoms with Gasteiger partial charge in [-0.15, -0.1) is 0 Å². The van der Waals surface area contributed by atoms with E-state index in [1.54, 1.807) is 18.3 Å². The number of hydrogen-bond donors (Lipinski definition) is 2. The normalized spacial score (nSPS) is 17.5. The van der Waals surface area contributed by atoms with Crippen LogP contribution in [0.5, 0.6) is 0 Å². The highest BCUT2D eigenvalue weighted by atomic mass is 32.2. The summed E-state index contributed by atoms with van der Waals surface area (Å²) in [5, 5.41) is 4.05. The predicted molar refractivity (Wildman–Crippen MR) is 153 cm³/mol. The zero-order valence-electron chi connectivity index (χ0n) is 20.7. The second-order valence-corrected chi connectivity index (χ2v) is 11.3. The Kier molecular flexibility index (Phi) is 6.61. The summed E-state index contributed by atoms with van der Waals surface area (Å²) >= 11 is 5.84. The first-order valence-corrected chi connectivity index (χ1v) is 14.0. The van der Waals surface area contributed by atoms with Crippen LogP contribution in [0, 0.1) is 0 Å². The maximum atomic E-state index is 11.7. The topological polar surface area (TPSA) is 82.5 Å². The molecule has 1 fully saturated rings. The van der Waals surface area contributed by atoms with Crippen molar-refractivity contribution in [3.8, 4) is 5.69 Å². The molecule has 1 saturated heterocycles. The number of benzene rings is 2. The lowest BCUT2D eigenvalue weighted by molar-refractivity contribution is 0.549. The molecule has 1 aliphatic rings. The third-order valence-corrected chi connectivity index (χ3v) is 7.20. The van der Waals surface area contributed by atoms with Crippen LogP contribution in [0.3, 0.4) is 0 Å². The van der Waals surface area contributed by atoms with Crippen LogP contribution in [0.25, 0.3) is 5.69 Å². The van der Waals surface area contributed by atoms with E-state index in [1.807, 2.05) is 56.7 Å². The maximum absolute atomic E-state index is 11.7. The number of nitrogens with zero attached hydrogens (tertiary/aromatic N) is 4. The molecule has 0 saturated carbocycles. The molecule has 0 bridgehead atoms. The Labute approximate surface area is 222 Å². The number of sulfonamides is 1. The average Bonchev–Trinajstić information content (AvgIpc) is 3.48. The lowest BCUT2D eigenvalue weighted by Crippen LogP contribution is -2.30. The molecule has 37 heavy (non-hydrogen) atoms. The molecule has 4 aromatic rings. The zero-order chi connectivity index (χ0) is 26.2. The summed E-state index contributed by atoms with van der Waals surface area (Å²) < 4.78 is 28.0. The minimum Gasteiger partial charge on any atom is -0.378 e. The molecule has 190 valence electrons. The summed E-state index contributed by atoms with van der Waals surface area (Å²) in [4.78, 5) is 8.77. The Bertz CT molecular complexity index is 1500. The SMILES string of the molecule is CN(C)c1ccc(-n2cccc2[C@@H]2[C@H](c3ccccn3)NC(=S)N2c2ccc(NS(C)(=O)=O)cc2)cc1. The number of pyridine rings is 1. The monoisotopic (exact) mass is 532 g/mol. The van der Waals surface area contributed by atoms with E-state index in [2.05, 4.69) is 59.7 Å². The molecule has 1 aliphatic heterocycles. The number of anilines is 3. The van der Waals surface area contributed by atoms with Crippen LogP contribution in [0.15, 0.2) is 91.3 Å². The van der Waals surface area contributed by atoms with Gasteiger partial charge in [-0.2, -0.15) is 0 Å². The molecule has 10 heteroatoms. The van der Waals surface area contributed by atoms with Gasteiger partial charge in [0.1, 0.15) is 6.04 Å². The van der Waals surface area contributed by atoms with E-state index >= 15 is 0 Å². The first kappa shape index (κ1) is 24.8. The predicted octanol–water partition coefficient (Wildman–Crippen LogP) is 4.49. The van der Waals surface area contributed by atoms with Gasteiger partial charge < -0.3 is 19.7 Å².